The molecule has 5 rings (SSSR count). The first-order chi connectivity index (χ1) is 17.1. The van der Waals surface area contributed by atoms with Gasteiger partial charge in [-0.15, -0.1) is 0 Å². The Hall–Kier alpha value is -3.94. The molecule has 0 saturated heterocycles. The molecule has 4 aromatic rings. The summed E-state index contributed by atoms with van der Waals surface area (Å²) in [6, 6.07) is 17.3. The zero-order valence-corrected chi connectivity index (χ0v) is 19.9. The van der Waals surface area contributed by atoms with Crippen LogP contribution < -0.4 is 5.73 Å². The summed E-state index contributed by atoms with van der Waals surface area (Å²) >= 11 is 0. The number of nitrogen functional groups attached to an aromatic ring is 1. The Morgan fingerprint density at radius 1 is 1.08 bits per heavy atom. The Kier molecular flexibility index (Phi) is 5.90. The predicted molar refractivity (Wildman–Crippen MR) is 132 cm³/mol. The molecule has 1 aliphatic carbocycles. The summed E-state index contributed by atoms with van der Waals surface area (Å²) in [4.78, 5) is 24.1. The second-order valence-electron chi connectivity index (χ2n) is 9.35. The zero-order chi connectivity index (χ0) is 25.6. The van der Waals surface area contributed by atoms with Gasteiger partial charge in [0.05, 0.1) is 29.4 Å². The summed E-state index contributed by atoms with van der Waals surface area (Å²) in [5.41, 5.74) is 9.70. The van der Waals surface area contributed by atoms with Crippen LogP contribution in [0.4, 0.5) is 19.0 Å². The highest BCUT2D eigenvalue weighted by molar-refractivity contribution is 5.98. The number of pyridine rings is 2. The summed E-state index contributed by atoms with van der Waals surface area (Å²) < 4.78 is 39.1. The van der Waals surface area contributed by atoms with Gasteiger partial charge in [0.1, 0.15) is 5.82 Å². The van der Waals surface area contributed by atoms with Crippen molar-refractivity contribution in [1.29, 1.82) is 0 Å². The van der Waals surface area contributed by atoms with E-state index in [0.29, 0.717) is 22.6 Å². The van der Waals surface area contributed by atoms with E-state index in [1.54, 1.807) is 23.1 Å². The van der Waals surface area contributed by atoms with Crippen LogP contribution in [0, 0.1) is 6.92 Å². The van der Waals surface area contributed by atoms with Gasteiger partial charge in [-0.2, -0.15) is 13.2 Å². The molecule has 0 aliphatic heterocycles. The molecule has 184 valence electrons. The molecule has 36 heavy (non-hydrogen) atoms. The smallest absolute Gasteiger partial charge is 0.383 e. The number of anilines is 1. The standard InChI is InChI=1S/C28H25F3N4O/c1-16-12-25(23-6-4-3-5-22(16)23)35(15-21-9-8-20(14-33-21)28(29,30)31)27(36)18-7-10-24-19(13-18)11-17(2)26(32)34-24/h3-11,13-14,16,25H,12,15H2,1-2H3,(H2,32,34)/t16-,25-/m1/s1. The third-order valence-electron chi connectivity index (χ3n) is 6.88. The maximum atomic E-state index is 13.9. The van der Waals surface area contributed by atoms with Crippen LogP contribution in [-0.4, -0.2) is 20.8 Å². The number of carbonyl (C=O) groups is 1. The Morgan fingerprint density at radius 2 is 1.83 bits per heavy atom. The minimum Gasteiger partial charge on any atom is -0.383 e. The summed E-state index contributed by atoms with van der Waals surface area (Å²) in [6.45, 7) is 4.06. The van der Waals surface area contributed by atoms with Crippen molar-refractivity contribution < 1.29 is 18.0 Å². The molecular formula is C28H25F3N4O. The molecular weight excluding hydrogens is 465 g/mol. The SMILES string of the molecule is Cc1cc2cc(C(=O)N(Cc3ccc(C(F)(F)F)cn3)[C@@H]3C[C@@H](C)c4ccccc43)ccc2nc1N. The predicted octanol–water partition coefficient (Wildman–Crippen LogP) is 6.43. The highest BCUT2D eigenvalue weighted by Crippen LogP contribution is 2.44. The van der Waals surface area contributed by atoms with Gasteiger partial charge in [-0.25, -0.2) is 4.98 Å². The number of halogens is 3. The van der Waals surface area contributed by atoms with Crippen molar-refractivity contribution in [1.82, 2.24) is 14.9 Å². The summed E-state index contributed by atoms with van der Waals surface area (Å²) in [7, 11) is 0. The van der Waals surface area contributed by atoms with Crippen LogP contribution in [0.5, 0.6) is 0 Å². The van der Waals surface area contributed by atoms with Gasteiger partial charge in [0.15, 0.2) is 0 Å². The normalized spacial score (nSPS) is 17.2. The molecule has 5 nitrogen and oxygen atoms in total. The van der Waals surface area contributed by atoms with Gasteiger partial charge in [-0.05, 0) is 72.4 Å². The number of aryl methyl sites for hydroxylation is 1. The van der Waals surface area contributed by atoms with Crippen LogP contribution in [0.2, 0.25) is 0 Å². The highest BCUT2D eigenvalue weighted by atomic mass is 19.4. The molecule has 2 heterocycles. The van der Waals surface area contributed by atoms with Gasteiger partial charge < -0.3 is 10.6 Å². The number of amides is 1. The van der Waals surface area contributed by atoms with Crippen LogP contribution in [0.15, 0.2) is 66.9 Å². The van der Waals surface area contributed by atoms with E-state index >= 15 is 0 Å². The molecule has 1 aliphatic rings. The van der Waals surface area contributed by atoms with Crippen LogP contribution in [-0.2, 0) is 12.7 Å². The Morgan fingerprint density at radius 3 is 2.53 bits per heavy atom. The molecule has 2 atom stereocenters. The van der Waals surface area contributed by atoms with Crippen molar-refractivity contribution in [2.24, 2.45) is 0 Å². The van der Waals surface area contributed by atoms with Crippen LogP contribution in [0.3, 0.4) is 0 Å². The van der Waals surface area contributed by atoms with Gasteiger partial charge in [0, 0.05) is 17.1 Å². The molecule has 8 heteroatoms. The van der Waals surface area contributed by atoms with E-state index < -0.39 is 11.7 Å². The van der Waals surface area contributed by atoms with Crippen LogP contribution >= 0.6 is 0 Å². The topological polar surface area (TPSA) is 72.1 Å². The Labute approximate surface area is 206 Å². The molecule has 2 aromatic heterocycles. The third-order valence-corrected chi connectivity index (χ3v) is 6.88. The van der Waals surface area contributed by atoms with Crippen molar-refractivity contribution in [2.75, 3.05) is 5.73 Å². The first kappa shape index (κ1) is 23.8. The number of fused-ring (bicyclic) bond motifs is 2. The lowest BCUT2D eigenvalue weighted by atomic mass is 10.0. The number of hydrogen-bond donors (Lipinski definition) is 1. The fourth-order valence-corrected chi connectivity index (χ4v) is 4.93. The molecule has 2 N–H and O–H groups in total. The molecule has 1 amide bonds. The maximum absolute atomic E-state index is 13.9. The average Bonchev–Trinajstić information content (AvgIpc) is 3.18. The minimum absolute atomic E-state index is 0.0831. The number of carbonyl (C=O) groups excluding carboxylic acids is 1. The number of rotatable bonds is 4. The van der Waals surface area contributed by atoms with E-state index in [4.69, 9.17) is 5.73 Å². The quantitative estimate of drug-likeness (QED) is 0.358. The van der Waals surface area contributed by atoms with Gasteiger partial charge in [0.2, 0.25) is 0 Å². The van der Waals surface area contributed by atoms with Gasteiger partial charge in [0.25, 0.3) is 5.91 Å². The number of nitrogens with two attached hydrogens (primary N) is 1. The summed E-state index contributed by atoms with van der Waals surface area (Å²) in [5.74, 6) is 0.462. The van der Waals surface area contributed by atoms with Gasteiger partial charge in [-0.3, -0.25) is 9.78 Å². The molecule has 0 bridgehead atoms. The average molecular weight is 491 g/mol. The lowest BCUT2D eigenvalue weighted by Crippen LogP contribution is -2.34. The first-order valence-electron chi connectivity index (χ1n) is 11.7. The summed E-state index contributed by atoms with van der Waals surface area (Å²) in [6.07, 6.45) is -2.93. The number of aromatic nitrogens is 2. The molecule has 0 radical (unpaired) electrons. The van der Waals surface area contributed by atoms with Gasteiger partial charge in [-0.1, -0.05) is 31.2 Å². The van der Waals surface area contributed by atoms with Gasteiger partial charge >= 0.3 is 6.18 Å². The van der Waals surface area contributed by atoms with Crippen molar-refractivity contribution >= 4 is 22.6 Å². The van der Waals surface area contributed by atoms with Crippen LogP contribution in [0.1, 0.15) is 63.6 Å². The maximum Gasteiger partial charge on any atom is 0.417 e. The van der Waals surface area contributed by atoms with Crippen molar-refractivity contribution in [3.05, 3.63) is 100 Å². The zero-order valence-electron chi connectivity index (χ0n) is 19.9. The number of benzene rings is 2. The van der Waals surface area contributed by atoms with E-state index in [0.717, 1.165) is 35.2 Å². The lowest BCUT2D eigenvalue weighted by Gasteiger charge is -2.30. The third kappa shape index (κ3) is 4.39. The highest BCUT2D eigenvalue weighted by Gasteiger charge is 2.36. The molecule has 0 fully saturated rings. The van der Waals surface area contributed by atoms with E-state index in [2.05, 4.69) is 23.0 Å². The molecule has 0 unspecified atom stereocenters. The molecule has 0 saturated carbocycles. The van der Waals surface area contributed by atoms with E-state index in [1.807, 2.05) is 31.2 Å². The Bertz CT molecular complexity index is 1450. The monoisotopic (exact) mass is 490 g/mol. The second kappa shape index (κ2) is 8.93. The van der Waals surface area contributed by atoms with E-state index in [-0.39, 0.29) is 24.4 Å². The fourth-order valence-electron chi connectivity index (χ4n) is 4.93. The van der Waals surface area contributed by atoms with E-state index in [9.17, 15) is 18.0 Å². The largest absolute Gasteiger partial charge is 0.417 e. The Balaban J connectivity index is 1.54. The first-order valence-corrected chi connectivity index (χ1v) is 11.7. The minimum atomic E-state index is -4.47. The second-order valence-corrected chi connectivity index (χ2v) is 9.35. The summed E-state index contributed by atoms with van der Waals surface area (Å²) in [5, 5.41) is 0.792. The molecule has 2 aromatic carbocycles. The number of alkyl halides is 3. The number of hydrogen-bond acceptors (Lipinski definition) is 4. The lowest BCUT2D eigenvalue weighted by molar-refractivity contribution is -0.137. The molecule has 0 spiro atoms. The number of nitrogens with zero attached hydrogens (tertiary/aromatic N) is 3. The van der Waals surface area contributed by atoms with Crippen molar-refractivity contribution in [3.63, 3.8) is 0 Å². The van der Waals surface area contributed by atoms with Crippen molar-refractivity contribution in [2.45, 2.75) is 44.9 Å². The van der Waals surface area contributed by atoms with E-state index in [1.165, 1.54) is 11.6 Å². The van der Waals surface area contributed by atoms with Crippen LogP contribution in [0.25, 0.3) is 10.9 Å². The van der Waals surface area contributed by atoms with Crippen molar-refractivity contribution in [3.8, 4) is 0 Å². The fraction of sp³-hybridized carbons (Fsp3) is 0.250.